The first-order chi connectivity index (χ1) is 14.8. The van der Waals surface area contributed by atoms with Crippen LogP contribution in [-0.2, 0) is 6.42 Å². The fraction of sp³-hybridized carbons (Fsp3) is 0.0909. The van der Waals surface area contributed by atoms with Gasteiger partial charge in [-0.1, -0.05) is 30.3 Å². The first-order valence-corrected chi connectivity index (χ1v) is 10.5. The van der Waals surface area contributed by atoms with Gasteiger partial charge in [0.1, 0.15) is 5.82 Å². The van der Waals surface area contributed by atoms with Crippen molar-refractivity contribution in [2.75, 3.05) is 17.6 Å². The van der Waals surface area contributed by atoms with Crippen LogP contribution in [-0.4, -0.2) is 31.3 Å². The van der Waals surface area contributed by atoms with E-state index in [9.17, 15) is 0 Å². The highest BCUT2D eigenvalue weighted by atomic mass is 32.1. The highest BCUT2D eigenvalue weighted by Crippen LogP contribution is 2.34. The van der Waals surface area contributed by atoms with Gasteiger partial charge in [0.2, 0.25) is 5.95 Å². The van der Waals surface area contributed by atoms with E-state index in [2.05, 4.69) is 20.4 Å². The van der Waals surface area contributed by atoms with Crippen LogP contribution in [0, 0.1) is 0 Å². The lowest BCUT2D eigenvalue weighted by Gasteiger charge is -2.07. The molecule has 1 aromatic carbocycles. The van der Waals surface area contributed by atoms with Crippen molar-refractivity contribution in [3.63, 3.8) is 0 Å². The summed E-state index contributed by atoms with van der Waals surface area (Å²) >= 11 is 1.61. The Hall–Kier alpha value is -3.78. The first-order valence-electron chi connectivity index (χ1n) is 9.59. The van der Waals surface area contributed by atoms with Gasteiger partial charge in [0.25, 0.3) is 0 Å². The van der Waals surface area contributed by atoms with Crippen molar-refractivity contribution in [3.8, 4) is 16.3 Å². The SMILES string of the molecule is Nc1c2c(-c3cccs3)nc(NCCc3ccccn3)nc2nn1-c1ccccc1. The van der Waals surface area contributed by atoms with Crippen molar-refractivity contribution in [2.45, 2.75) is 6.42 Å². The summed E-state index contributed by atoms with van der Waals surface area (Å²) in [6, 6.07) is 19.7. The molecule has 0 aliphatic heterocycles. The molecule has 4 heterocycles. The zero-order chi connectivity index (χ0) is 20.3. The summed E-state index contributed by atoms with van der Waals surface area (Å²) in [5.74, 6) is 1.05. The number of para-hydroxylation sites is 1. The molecule has 0 amide bonds. The molecule has 4 aromatic heterocycles. The van der Waals surface area contributed by atoms with Crippen molar-refractivity contribution < 1.29 is 0 Å². The van der Waals surface area contributed by atoms with E-state index in [-0.39, 0.29) is 0 Å². The maximum atomic E-state index is 6.50. The molecule has 0 radical (unpaired) electrons. The molecule has 0 aliphatic carbocycles. The van der Waals surface area contributed by atoms with Gasteiger partial charge < -0.3 is 11.1 Å². The number of pyridine rings is 1. The van der Waals surface area contributed by atoms with Gasteiger partial charge >= 0.3 is 0 Å². The normalized spacial score (nSPS) is 11.1. The van der Waals surface area contributed by atoms with E-state index < -0.39 is 0 Å². The van der Waals surface area contributed by atoms with E-state index in [1.807, 2.05) is 66.0 Å². The lowest BCUT2D eigenvalue weighted by molar-refractivity contribution is 0.897. The molecule has 7 nitrogen and oxygen atoms in total. The number of nitrogens with zero attached hydrogens (tertiary/aromatic N) is 5. The standard InChI is InChI=1S/C22H19N7S/c23-20-18-19(17-10-6-14-30-17)26-22(25-13-11-15-7-4-5-12-24-15)27-21(18)28-29(20)16-8-2-1-3-9-16/h1-10,12,14H,11,13,23H2,(H,25,27,28). The van der Waals surface area contributed by atoms with Crippen LogP contribution in [0.15, 0.2) is 72.2 Å². The molecule has 0 spiro atoms. The lowest BCUT2D eigenvalue weighted by Crippen LogP contribution is -2.09. The molecule has 0 bridgehead atoms. The second kappa shape index (κ2) is 7.92. The highest BCUT2D eigenvalue weighted by molar-refractivity contribution is 7.13. The Kier molecular flexibility index (Phi) is 4.82. The summed E-state index contributed by atoms with van der Waals surface area (Å²) in [7, 11) is 0. The number of hydrogen-bond acceptors (Lipinski definition) is 7. The van der Waals surface area contributed by atoms with Crippen LogP contribution in [0.5, 0.6) is 0 Å². The topological polar surface area (TPSA) is 94.5 Å². The van der Waals surface area contributed by atoms with Crippen molar-refractivity contribution in [2.24, 2.45) is 0 Å². The number of fused-ring (bicyclic) bond motifs is 1. The van der Waals surface area contributed by atoms with Crippen molar-refractivity contribution in [1.29, 1.82) is 0 Å². The zero-order valence-corrected chi connectivity index (χ0v) is 16.9. The van der Waals surface area contributed by atoms with Crippen molar-refractivity contribution in [1.82, 2.24) is 24.7 Å². The molecule has 148 valence electrons. The van der Waals surface area contributed by atoms with Gasteiger partial charge in [0.05, 0.1) is 21.6 Å². The molecule has 5 aromatic rings. The number of hydrogen-bond donors (Lipinski definition) is 2. The number of nitrogen functional groups attached to an aromatic ring is 1. The van der Waals surface area contributed by atoms with E-state index in [0.29, 0.717) is 24.0 Å². The summed E-state index contributed by atoms with van der Waals surface area (Å²) in [5.41, 5.74) is 9.75. The minimum Gasteiger partial charge on any atom is -0.383 e. The molecule has 8 heteroatoms. The lowest BCUT2D eigenvalue weighted by atomic mass is 10.2. The van der Waals surface area contributed by atoms with Gasteiger partial charge in [-0.25, -0.2) is 9.67 Å². The summed E-state index contributed by atoms with van der Waals surface area (Å²) in [5, 5.41) is 10.8. The number of benzene rings is 1. The van der Waals surface area contributed by atoms with Gasteiger partial charge in [-0.15, -0.1) is 16.4 Å². The van der Waals surface area contributed by atoms with Crippen molar-refractivity contribution in [3.05, 3.63) is 77.9 Å². The average Bonchev–Trinajstić information content (AvgIpc) is 3.43. The van der Waals surface area contributed by atoms with Gasteiger partial charge in [-0.2, -0.15) is 4.98 Å². The van der Waals surface area contributed by atoms with Gasteiger partial charge in [-0.3, -0.25) is 4.98 Å². The predicted octanol–water partition coefficient (Wildman–Crippen LogP) is 4.18. The monoisotopic (exact) mass is 413 g/mol. The summed E-state index contributed by atoms with van der Waals surface area (Å²) in [4.78, 5) is 14.8. The minimum atomic E-state index is 0.527. The van der Waals surface area contributed by atoms with Crippen LogP contribution >= 0.6 is 11.3 Å². The predicted molar refractivity (Wildman–Crippen MR) is 121 cm³/mol. The number of anilines is 2. The molecular formula is C22H19N7S. The summed E-state index contributed by atoms with van der Waals surface area (Å²) in [6.07, 6.45) is 2.57. The third-order valence-electron chi connectivity index (χ3n) is 4.71. The van der Waals surface area contributed by atoms with Gasteiger partial charge in [0, 0.05) is 24.9 Å². The maximum Gasteiger partial charge on any atom is 0.225 e. The van der Waals surface area contributed by atoms with Crippen molar-refractivity contribution >= 4 is 34.1 Å². The van der Waals surface area contributed by atoms with Crippen LogP contribution in [0.25, 0.3) is 27.3 Å². The largest absolute Gasteiger partial charge is 0.383 e. The average molecular weight is 414 g/mol. The van der Waals surface area contributed by atoms with E-state index in [1.54, 1.807) is 22.2 Å². The molecule has 0 atom stereocenters. The molecule has 0 fully saturated rings. The molecule has 0 unspecified atom stereocenters. The first kappa shape index (κ1) is 18.3. The second-order valence-electron chi connectivity index (χ2n) is 6.70. The summed E-state index contributed by atoms with van der Waals surface area (Å²) in [6.45, 7) is 0.668. The Morgan fingerprint density at radius 2 is 1.83 bits per heavy atom. The molecular weight excluding hydrogens is 394 g/mol. The molecule has 3 N–H and O–H groups in total. The van der Waals surface area contributed by atoms with E-state index in [1.165, 1.54) is 0 Å². The fourth-order valence-electron chi connectivity index (χ4n) is 3.30. The van der Waals surface area contributed by atoms with E-state index in [4.69, 9.17) is 10.7 Å². The Labute approximate surface area is 177 Å². The second-order valence-corrected chi connectivity index (χ2v) is 7.65. The molecule has 0 aliphatic rings. The highest BCUT2D eigenvalue weighted by Gasteiger charge is 2.19. The molecule has 0 saturated carbocycles. The molecule has 0 saturated heterocycles. The smallest absolute Gasteiger partial charge is 0.225 e. The Balaban J connectivity index is 1.54. The van der Waals surface area contributed by atoms with Crippen LogP contribution in [0.2, 0.25) is 0 Å². The third kappa shape index (κ3) is 3.48. The minimum absolute atomic E-state index is 0.527. The van der Waals surface area contributed by atoms with Crippen LogP contribution in [0.3, 0.4) is 0 Å². The number of thiophene rings is 1. The Morgan fingerprint density at radius 1 is 0.967 bits per heavy atom. The number of nitrogens with two attached hydrogens (primary N) is 1. The molecule has 5 rings (SSSR count). The fourth-order valence-corrected chi connectivity index (χ4v) is 4.02. The quantitative estimate of drug-likeness (QED) is 0.434. The van der Waals surface area contributed by atoms with E-state index >= 15 is 0 Å². The number of aromatic nitrogens is 5. The van der Waals surface area contributed by atoms with Crippen LogP contribution < -0.4 is 11.1 Å². The summed E-state index contributed by atoms with van der Waals surface area (Å²) < 4.78 is 1.72. The van der Waals surface area contributed by atoms with Gasteiger partial charge in [0.15, 0.2) is 5.65 Å². The van der Waals surface area contributed by atoms with Crippen LogP contribution in [0.1, 0.15) is 5.69 Å². The van der Waals surface area contributed by atoms with Gasteiger partial charge in [-0.05, 0) is 35.7 Å². The van der Waals surface area contributed by atoms with E-state index in [0.717, 1.165) is 33.8 Å². The maximum absolute atomic E-state index is 6.50. The van der Waals surface area contributed by atoms with Crippen LogP contribution in [0.4, 0.5) is 11.8 Å². The third-order valence-corrected chi connectivity index (χ3v) is 5.59. The Bertz CT molecular complexity index is 1270. The molecule has 30 heavy (non-hydrogen) atoms. The zero-order valence-electron chi connectivity index (χ0n) is 16.1. The number of nitrogens with one attached hydrogen (secondary N) is 1. The number of rotatable bonds is 6. The Morgan fingerprint density at radius 3 is 2.60 bits per heavy atom.